The van der Waals surface area contributed by atoms with E-state index in [1.54, 1.807) is 0 Å². The Morgan fingerprint density at radius 2 is 1.93 bits per heavy atom. The number of amides is 1. The highest BCUT2D eigenvalue weighted by Gasteiger charge is 2.25. The first kappa shape index (κ1) is 14.4. The van der Waals surface area contributed by atoms with Crippen LogP contribution in [-0.2, 0) is 4.79 Å². The van der Waals surface area contributed by atoms with Gasteiger partial charge in [0.15, 0.2) is 0 Å². The Kier molecular flexibility index (Phi) is 6.57. The van der Waals surface area contributed by atoms with Gasteiger partial charge >= 0.3 is 0 Å². The van der Waals surface area contributed by atoms with Crippen LogP contribution >= 0.6 is 0 Å². The fourth-order valence-electron chi connectivity index (χ4n) is 1.46. The summed E-state index contributed by atoms with van der Waals surface area (Å²) in [5.41, 5.74) is -0.452. The molecule has 0 fully saturated rings. The van der Waals surface area contributed by atoms with Gasteiger partial charge in [0.05, 0.1) is 5.54 Å². The van der Waals surface area contributed by atoms with E-state index in [9.17, 15) is 4.79 Å². The summed E-state index contributed by atoms with van der Waals surface area (Å²) in [7, 11) is 0. The number of carbonyl (C=O) groups excluding carboxylic acids is 1. The molecule has 0 heterocycles. The molecular weight excluding hydrogens is 188 g/mol. The molecule has 15 heavy (non-hydrogen) atoms. The van der Waals surface area contributed by atoms with E-state index < -0.39 is 5.54 Å². The van der Waals surface area contributed by atoms with E-state index in [1.165, 1.54) is 6.42 Å². The van der Waals surface area contributed by atoms with Gasteiger partial charge in [0.25, 0.3) is 0 Å². The maximum atomic E-state index is 11.7. The molecule has 0 unspecified atom stereocenters. The molecule has 0 bridgehead atoms. The monoisotopic (exact) mass is 214 g/mol. The van der Waals surface area contributed by atoms with Crippen molar-refractivity contribution >= 4 is 5.91 Å². The lowest BCUT2D eigenvalue weighted by atomic mass is 10.0. The summed E-state index contributed by atoms with van der Waals surface area (Å²) in [6.45, 7) is 11.8. The zero-order valence-corrected chi connectivity index (χ0v) is 10.8. The second kappa shape index (κ2) is 6.83. The van der Waals surface area contributed by atoms with Crippen LogP contribution in [0, 0.1) is 5.92 Å². The molecule has 0 aliphatic carbocycles. The van der Waals surface area contributed by atoms with Crippen molar-refractivity contribution < 1.29 is 4.79 Å². The SMILES string of the molecule is CCNC(C)(C)C(=O)NCCCC(C)C. The molecule has 3 heteroatoms. The third kappa shape index (κ3) is 6.50. The Labute approximate surface area is 94.0 Å². The van der Waals surface area contributed by atoms with Crippen LogP contribution in [0.25, 0.3) is 0 Å². The van der Waals surface area contributed by atoms with Gasteiger partial charge in [-0.2, -0.15) is 0 Å². The molecule has 0 aromatic rings. The van der Waals surface area contributed by atoms with Gasteiger partial charge in [0.1, 0.15) is 0 Å². The van der Waals surface area contributed by atoms with Crippen LogP contribution in [0.5, 0.6) is 0 Å². The Hall–Kier alpha value is -0.570. The quantitative estimate of drug-likeness (QED) is 0.636. The summed E-state index contributed by atoms with van der Waals surface area (Å²) in [6.07, 6.45) is 2.23. The van der Waals surface area contributed by atoms with Gasteiger partial charge in [-0.3, -0.25) is 4.79 Å². The molecule has 0 atom stereocenters. The van der Waals surface area contributed by atoms with Crippen LogP contribution in [0.2, 0.25) is 0 Å². The first-order valence-electron chi connectivity index (χ1n) is 5.93. The van der Waals surface area contributed by atoms with Gasteiger partial charge in [0.2, 0.25) is 5.91 Å². The molecule has 0 radical (unpaired) electrons. The van der Waals surface area contributed by atoms with Gasteiger partial charge in [0, 0.05) is 6.54 Å². The van der Waals surface area contributed by atoms with E-state index in [-0.39, 0.29) is 5.91 Å². The number of hydrogen-bond acceptors (Lipinski definition) is 2. The predicted octanol–water partition coefficient (Wildman–Crippen LogP) is 1.93. The van der Waals surface area contributed by atoms with Crippen LogP contribution in [0.4, 0.5) is 0 Å². The summed E-state index contributed by atoms with van der Waals surface area (Å²) in [4.78, 5) is 11.7. The minimum atomic E-state index is -0.452. The summed E-state index contributed by atoms with van der Waals surface area (Å²) >= 11 is 0. The lowest BCUT2D eigenvalue weighted by molar-refractivity contribution is -0.126. The first-order chi connectivity index (χ1) is 6.90. The Balaban J connectivity index is 3.73. The van der Waals surface area contributed by atoms with E-state index in [1.807, 2.05) is 20.8 Å². The molecule has 0 saturated heterocycles. The molecule has 0 aliphatic rings. The molecule has 0 spiro atoms. The lowest BCUT2D eigenvalue weighted by Crippen LogP contribution is -2.52. The van der Waals surface area contributed by atoms with E-state index in [2.05, 4.69) is 24.5 Å². The fourth-order valence-corrected chi connectivity index (χ4v) is 1.46. The van der Waals surface area contributed by atoms with Crippen LogP contribution < -0.4 is 10.6 Å². The topological polar surface area (TPSA) is 41.1 Å². The maximum absolute atomic E-state index is 11.7. The predicted molar refractivity (Wildman–Crippen MR) is 64.8 cm³/mol. The highest BCUT2D eigenvalue weighted by molar-refractivity contribution is 5.85. The van der Waals surface area contributed by atoms with Crippen LogP contribution in [0.15, 0.2) is 0 Å². The zero-order chi connectivity index (χ0) is 11.9. The van der Waals surface area contributed by atoms with Crippen molar-refractivity contribution in [3.8, 4) is 0 Å². The van der Waals surface area contributed by atoms with Crippen molar-refractivity contribution in [1.29, 1.82) is 0 Å². The van der Waals surface area contributed by atoms with Crippen molar-refractivity contribution in [3.63, 3.8) is 0 Å². The second-order valence-electron chi connectivity index (χ2n) is 4.95. The highest BCUT2D eigenvalue weighted by atomic mass is 16.2. The molecular formula is C12H26N2O. The maximum Gasteiger partial charge on any atom is 0.239 e. The number of carbonyl (C=O) groups is 1. The van der Waals surface area contributed by atoms with Gasteiger partial charge in [-0.1, -0.05) is 20.8 Å². The molecule has 90 valence electrons. The smallest absolute Gasteiger partial charge is 0.239 e. The number of rotatable bonds is 7. The fraction of sp³-hybridized carbons (Fsp3) is 0.917. The zero-order valence-electron chi connectivity index (χ0n) is 10.8. The minimum absolute atomic E-state index is 0.0908. The number of hydrogen-bond donors (Lipinski definition) is 2. The molecule has 3 nitrogen and oxygen atoms in total. The van der Waals surface area contributed by atoms with Crippen LogP contribution in [0.1, 0.15) is 47.5 Å². The molecule has 0 aromatic heterocycles. The summed E-state index contributed by atoms with van der Waals surface area (Å²) in [5.74, 6) is 0.803. The van der Waals surface area contributed by atoms with E-state index >= 15 is 0 Å². The summed E-state index contributed by atoms with van der Waals surface area (Å²) in [6, 6.07) is 0. The Bertz CT molecular complexity index is 188. The normalized spacial score (nSPS) is 11.9. The molecule has 0 aromatic carbocycles. The number of likely N-dealkylation sites (N-methyl/N-ethyl adjacent to an activating group) is 1. The molecule has 0 rings (SSSR count). The Morgan fingerprint density at radius 1 is 1.33 bits per heavy atom. The minimum Gasteiger partial charge on any atom is -0.355 e. The van der Waals surface area contributed by atoms with Crippen LogP contribution in [-0.4, -0.2) is 24.5 Å². The molecule has 0 saturated carbocycles. The van der Waals surface area contributed by atoms with Crippen molar-refractivity contribution in [3.05, 3.63) is 0 Å². The van der Waals surface area contributed by atoms with E-state index in [0.717, 1.165) is 19.5 Å². The third-order valence-electron chi connectivity index (χ3n) is 2.43. The molecule has 2 N–H and O–H groups in total. The summed E-state index contributed by atoms with van der Waals surface area (Å²) < 4.78 is 0. The van der Waals surface area contributed by atoms with Gasteiger partial charge in [-0.25, -0.2) is 0 Å². The Morgan fingerprint density at radius 3 is 2.40 bits per heavy atom. The van der Waals surface area contributed by atoms with Gasteiger partial charge in [-0.05, 0) is 39.2 Å². The highest BCUT2D eigenvalue weighted by Crippen LogP contribution is 2.04. The van der Waals surface area contributed by atoms with Gasteiger partial charge in [-0.15, -0.1) is 0 Å². The molecule has 0 aliphatic heterocycles. The van der Waals surface area contributed by atoms with Crippen molar-refractivity contribution in [2.45, 2.75) is 53.0 Å². The third-order valence-corrected chi connectivity index (χ3v) is 2.43. The standard InChI is InChI=1S/C12H26N2O/c1-6-14-12(4,5)11(15)13-9-7-8-10(2)3/h10,14H,6-9H2,1-5H3,(H,13,15). The second-order valence-corrected chi connectivity index (χ2v) is 4.95. The number of nitrogens with one attached hydrogen (secondary N) is 2. The van der Waals surface area contributed by atoms with Crippen molar-refractivity contribution in [1.82, 2.24) is 10.6 Å². The van der Waals surface area contributed by atoms with Crippen molar-refractivity contribution in [2.75, 3.05) is 13.1 Å². The van der Waals surface area contributed by atoms with Crippen molar-refractivity contribution in [2.24, 2.45) is 5.92 Å². The largest absolute Gasteiger partial charge is 0.355 e. The summed E-state index contributed by atoms with van der Waals surface area (Å²) in [5, 5.41) is 6.12. The first-order valence-corrected chi connectivity index (χ1v) is 5.93. The van der Waals surface area contributed by atoms with E-state index in [4.69, 9.17) is 0 Å². The lowest BCUT2D eigenvalue weighted by Gasteiger charge is -2.24. The van der Waals surface area contributed by atoms with E-state index in [0.29, 0.717) is 5.92 Å². The average molecular weight is 214 g/mol. The van der Waals surface area contributed by atoms with Crippen LogP contribution in [0.3, 0.4) is 0 Å². The van der Waals surface area contributed by atoms with Gasteiger partial charge < -0.3 is 10.6 Å². The molecule has 1 amide bonds. The average Bonchev–Trinajstić information content (AvgIpc) is 2.11.